The Bertz CT molecular complexity index is 732. The number of rotatable bonds is 3. The second-order valence-corrected chi connectivity index (χ2v) is 7.90. The zero-order chi connectivity index (χ0) is 16.6. The van der Waals surface area contributed by atoms with Gasteiger partial charge in [0, 0.05) is 29.1 Å². The van der Waals surface area contributed by atoms with Crippen molar-refractivity contribution in [2.75, 3.05) is 0 Å². The summed E-state index contributed by atoms with van der Waals surface area (Å²) in [5, 5.41) is 2.89. The number of carbonyl (C=O) groups excluding carboxylic acids is 1. The van der Waals surface area contributed by atoms with E-state index in [0.717, 1.165) is 34.9 Å². The monoisotopic (exact) mass is 330 g/mol. The van der Waals surface area contributed by atoms with E-state index in [4.69, 9.17) is 0 Å². The van der Waals surface area contributed by atoms with Crippen molar-refractivity contribution in [3.63, 3.8) is 0 Å². The van der Waals surface area contributed by atoms with Crippen LogP contribution in [0.25, 0.3) is 0 Å². The van der Waals surface area contributed by atoms with Gasteiger partial charge >= 0.3 is 0 Å². The van der Waals surface area contributed by atoms with Crippen LogP contribution in [-0.2, 0) is 24.9 Å². The standard InChI is InChI=1S/C17H22N4OS/c1-5-6-14-19-13(10-23-14)15(22)21-8-11-7-18-16(17(2,3)4)20-12(11)9-21/h7,10H,5-6,8-9H2,1-4H3. The number of nitrogens with zero attached hydrogens (tertiary/aromatic N) is 4. The topological polar surface area (TPSA) is 59.0 Å². The highest BCUT2D eigenvalue weighted by Gasteiger charge is 2.29. The van der Waals surface area contributed by atoms with Crippen molar-refractivity contribution < 1.29 is 4.79 Å². The van der Waals surface area contributed by atoms with Gasteiger partial charge in [0.2, 0.25) is 0 Å². The van der Waals surface area contributed by atoms with E-state index in [2.05, 4.69) is 42.6 Å². The molecule has 5 nitrogen and oxygen atoms in total. The maximum absolute atomic E-state index is 12.6. The highest BCUT2D eigenvalue weighted by Crippen LogP contribution is 2.26. The Morgan fingerprint density at radius 3 is 2.78 bits per heavy atom. The van der Waals surface area contributed by atoms with Gasteiger partial charge in [0.25, 0.3) is 5.91 Å². The molecule has 0 spiro atoms. The number of thiazole rings is 1. The normalized spacial score (nSPS) is 14.2. The van der Waals surface area contributed by atoms with Crippen molar-refractivity contribution >= 4 is 17.2 Å². The van der Waals surface area contributed by atoms with Gasteiger partial charge in [-0.3, -0.25) is 4.79 Å². The number of aryl methyl sites for hydroxylation is 1. The Morgan fingerprint density at radius 2 is 2.09 bits per heavy atom. The third-order valence-electron chi connectivity index (χ3n) is 3.85. The fourth-order valence-electron chi connectivity index (χ4n) is 2.56. The van der Waals surface area contributed by atoms with Gasteiger partial charge < -0.3 is 4.90 Å². The number of hydrogen-bond acceptors (Lipinski definition) is 5. The summed E-state index contributed by atoms with van der Waals surface area (Å²) in [7, 11) is 0. The molecule has 6 heteroatoms. The summed E-state index contributed by atoms with van der Waals surface area (Å²) >= 11 is 1.56. The second-order valence-electron chi connectivity index (χ2n) is 6.95. The Labute approximate surface area is 140 Å². The van der Waals surface area contributed by atoms with Crippen molar-refractivity contribution in [1.82, 2.24) is 19.9 Å². The van der Waals surface area contributed by atoms with Crippen LogP contribution in [0.5, 0.6) is 0 Å². The Balaban J connectivity index is 1.77. The highest BCUT2D eigenvalue weighted by molar-refractivity contribution is 7.09. The van der Waals surface area contributed by atoms with Crippen LogP contribution in [0.4, 0.5) is 0 Å². The maximum Gasteiger partial charge on any atom is 0.273 e. The lowest BCUT2D eigenvalue weighted by atomic mass is 9.95. The summed E-state index contributed by atoms with van der Waals surface area (Å²) in [6.45, 7) is 9.51. The SMILES string of the molecule is CCCc1nc(C(=O)N2Cc3cnc(C(C)(C)C)nc3C2)cs1. The van der Waals surface area contributed by atoms with Gasteiger partial charge in [-0.2, -0.15) is 0 Å². The van der Waals surface area contributed by atoms with E-state index >= 15 is 0 Å². The molecule has 0 aliphatic carbocycles. The quantitative estimate of drug-likeness (QED) is 0.866. The third kappa shape index (κ3) is 3.27. The van der Waals surface area contributed by atoms with Gasteiger partial charge in [-0.1, -0.05) is 27.7 Å². The van der Waals surface area contributed by atoms with Crippen LogP contribution in [0.2, 0.25) is 0 Å². The predicted molar refractivity (Wildman–Crippen MR) is 90.4 cm³/mol. The van der Waals surface area contributed by atoms with Crippen molar-refractivity contribution in [2.24, 2.45) is 0 Å². The molecule has 0 radical (unpaired) electrons. The number of fused-ring (bicyclic) bond motifs is 1. The van der Waals surface area contributed by atoms with Gasteiger partial charge in [0.15, 0.2) is 0 Å². The lowest BCUT2D eigenvalue weighted by molar-refractivity contribution is 0.0745. The van der Waals surface area contributed by atoms with Crippen LogP contribution >= 0.6 is 11.3 Å². The van der Waals surface area contributed by atoms with Crippen LogP contribution in [0.3, 0.4) is 0 Å². The summed E-state index contributed by atoms with van der Waals surface area (Å²) in [5.41, 5.74) is 2.46. The molecule has 23 heavy (non-hydrogen) atoms. The highest BCUT2D eigenvalue weighted by atomic mass is 32.1. The zero-order valence-electron chi connectivity index (χ0n) is 14.1. The van der Waals surface area contributed by atoms with Crippen molar-refractivity contribution in [1.29, 1.82) is 0 Å². The molecular formula is C17H22N4OS. The molecule has 3 rings (SSSR count). The Morgan fingerprint density at radius 1 is 1.30 bits per heavy atom. The first-order chi connectivity index (χ1) is 10.9. The summed E-state index contributed by atoms with van der Waals surface area (Å²) in [6, 6.07) is 0. The average molecular weight is 330 g/mol. The number of aromatic nitrogens is 3. The predicted octanol–water partition coefficient (Wildman–Crippen LogP) is 3.34. The molecule has 0 atom stereocenters. The lowest BCUT2D eigenvalue weighted by Gasteiger charge is -2.16. The molecule has 0 unspecified atom stereocenters. The summed E-state index contributed by atoms with van der Waals surface area (Å²) < 4.78 is 0. The number of hydrogen-bond donors (Lipinski definition) is 0. The molecule has 0 saturated carbocycles. The van der Waals surface area contributed by atoms with E-state index in [1.807, 2.05) is 11.6 Å². The lowest BCUT2D eigenvalue weighted by Crippen LogP contribution is -2.25. The van der Waals surface area contributed by atoms with Crippen molar-refractivity contribution in [3.8, 4) is 0 Å². The van der Waals surface area contributed by atoms with Crippen LogP contribution in [0, 0.1) is 0 Å². The summed E-state index contributed by atoms with van der Waals surface area (Å²) in [6.07, 6.45) is 3.83. The van der Waals surface area contributed by atoms with Gasteiger partial charge in [0.05, 0.1) is 17.2 Å². The van der Waals surface area contributed by atoms with Gasteiger partial charge in [-0.25, -0.2) is 15.0 Å². The molecule has 0 aromatic carbocycles. The molecule has 0 bridgehead atoms. The third-order valence-corrected chi connectivity index (χ3v) is 4.76. The fraction of sp³-hybridized carbons (Fsp3) is 0.529. The van der Waals surface area contributed by atoms with E-state index in [1.54, 1.807) is 16.2 Å². The molecule has 1 aliphatic heterocycles. The van der Waals surface area contributed by atoms with Crippen LogP contribution in [0.15, 0.2) is 11.6 Å². The minimum Gasteiger partial charge on any atom is -0.327 e. The Hall–Kier alpha value is -1.82. The van der Waals surface area contributed by atoms with Crippen LogP contribution < -0.4 is 0 Å². The molecule has 122 valence electrons. The van der Waals surface area contributed by atoms with Crippen molar-refractivity contribution in [2.45, 2.75) is 59.0 Å². The average Bonchev–Trinajstić information content (AvgIpc) is 3.11. The zero-order valence-corrected chi connectivity index (χ0v) is 14.9. The van der Waals surface area contributed by atoms with Crippen LogP contribution in [0.1, 0.15) is 66.7 Å². The molecule has 2 aromatic rings. The minimum absolute atomic E-state index is 0.0149. The van der Waals surface area contributed by atoms with Gasteiger partial charge in [-0.15, -0.1) is 11.3 Å². The first-order valence-electron chi connectivity index (χ1n) is 7.97. The molecular weight excluding hydrogens is 308 g/mol. The van der Waals surface area contributed by atoms with E-state index in [-0.39, 0.29) is 11.3 Å². The first kappa shape index (κ1) is 16.1. The van der Waals surface area contributed by atoms with Crippen LogP contribution in [-0.4, -0.2) is 25.8 Å². The van der Waals surface area contributed by atoms with Gasteiger partial charge in [0.1, 0.15) is 11.5 Å². The van der Waals surface area contributed by atoms with E-state index in [1.165, 1.54) is 0 Å². The number of amides is 1. The summed E-state index contributed by atoms with van der Waals surface area (Å²) in [4.78, 5) is 28.0. The van der Waals surface area contributed by atoms with E-state index < -0.39 is 0 Å². The summed E-state index contributed by atoms with van der Waals surface area (Å²) in [5.74, 6) is 0.809. The molecule has 3 heterocycles. The second kappa shape index (κ2) is 6.00. The minimum atomic E-state index is -0.0869. The molecule has 2 aromatic heterocycles. The van der Waals surface area contributed by atoms with E-state index in [0.29, 0.717) is 18.8 Å². The largest absolute Gasteiger partial charge is 0.327 e. The van der Waals surface area contributed by atoms with E-state index in [9.17, 15) is 4.79 Å². The maximum atomic E-state index is 12.6. The Kier molecular flexibility index (Phi) is 4.19. The molecule has 0 N–H and O–H groups in total. The molecule has 0 saturated heterocycles. The number of carbonyl (C=O) groups is 1. The first-order valence-corrected chi connectivity index (χ1v) is 8.85. The van der Waals surface area contributed by atoms with Crippen molar-refractivity contribution in [3.05, 3.63) is 39.4 Å². The smallest absolute Gasteiger partial charge is 0.273 e. The van der Waals surface area contributed by atoms with Gasteiger partial charge in [-0.05, 0) is 12.8 Å². The molecule has 0 fully saturated rings. The molecule has 1 amide bonds. The molecule has 1 aliphatic rings. The fourth-order valence-corrected chi connectivity index (χ4v) is 3.43.